The molecule has 0 bridgehead atoms. The van der Waals surface area contributed by atoms with Crippen molar-refractivity contribution in [1.82, 2.24) is 15.0 Å². The van der Waals surface area contributed by atoms with Gasteiger partial charge >= 0.3 is 12.2 Å². The van der Waals surface area contributed by atoms with Gasteiger partial charge in [0.1, 0.15) is 11.9 Å². The van der Waals surface area contributed by atoms with E-state index in [4.69, 9.17) is 4.74 Å². The fraction of sp³-hybridized carbons (Fsp3) is 0.438. The molecule has 1 saturated heterocycles. The van der Waals surface area contributed by atoms with Crippen molar-refractivity contribution in [1.29, 1.82) is 0 Å². The van der Waals surface area contributed by atoms with Crippen LogP contribution >= 0.6 is 0 Å². The highest BCUT2D eigenvalue weighted by molar-refractivity contribution is 5.40. The number of halogens is 3. The molecule has 0 N–H and O–H groups in total. The van der Waals surface area contributed by atoms with Gasteiger partial charge in [0.05, 0.1) is 12.1 Å². The molecule has 1 aliphatic heterocycles. The quantitative estimate of drug-likeness (QED) is 0.860. The first-order valence-corrected chi connectivity index (χ1v) is 7.65. The molecule has 2 aromatic rings. The zero-order valence-electron chi connectivity index (χ0n) is 13.1. The summed E-state index contributed by atoms with van der Waals surface area (Å²) in [6.07, 6.45) is 1.43. The van der Waals surface area contributed by atoms with Gasteiger partial charge in [0.15, 0.2) is 0 Å². The molecule has 128 valence electrons. The number of piperidine rings is 1. The fourth-order valence-corrected chi connectivity index (χ4v) is 2.57. The van der Waals surface area contributed by atoms with Crippen molar-refractivity contribution < 1.29 is 17.9 Å². The summed E-state index contributed by atoms with van der Waals surface area (Å²) in [6.45, 7) is 3.16. The molecule has 1 atom stereocenters. The van der Waals surface area contributed by atoms with Crippen LogP contribution in [0, 0.1) is 6.92 Å². The second-order valence-electron chi connectivity index (χ2n) is 5.77. The monoisotopic (exact) mass is 338 g/mol. The lowest BCUT2D eigenvalue weighted by Gasteiger charge is -2.33. The Morgan fingerprint density at radius 1 is 1.12 bits per heavy atom. The summed E-state index contributed by atoms with van der Waals surface area (Å²) in [7, 11) is 0. The van der Waals surface area contributed by atoms with Gasteiger partial charge in [-0.25, -0.2) is 15.0 Å². The van der Waals surface area contributed by atoms with E-state index in [1.165, 1.54) is 6.07 Å². The topological polar surface area (TPSA) is 51.1 Å². The molecule has 1 fully saturated rings. The average molecular weight is 338 g/mol. The van der Waals surface area contributed by atoms with Gasteiger partial charge in [0.25, 0.3) is 0 Å². The van der Waals surface area contributed by atoms with Crippen LogP contribution in [0.25, 0.3) is 0 Å². The molecule has 1 unspecified atom stereocenters. The van der Waals surface area contributed by atoms with Crippen LogP contribution in [0.4, 0.5) is 19.0 Å². The number of rotatable bonds is 3. The second-order valence-corrected chi connectivity index (χ2v) is 5.77. The number of pyridine rings is 1. The largest absolute Gasteiger partial charge is 0.458 e. The Hall–Kier alpha value is -2.38. The van der Waals surface area contributed by atoms with Crippen LogP contribution in [0.2, 0.25) is 0 Å². The zero-order chi connectivity index (χ0) is 17.2. The molecule has 2 aromatic heterocycles. The van der Waals surface area contributed by atoms with Crippen LogP contribution in [0.15, 0.2) is 30.7 Å². The van der Waals surface area contributed by atoms with Crippen molar-refractivity contribution in [3.05, 3.63) is 41.9 Å². The minimum atomic E-state index is -4.37. The Morgan fingerprint density at radius 2 is 1.88 bits per heavy atom. The Balaban J connectivity index is 1.65. The first kappa shape index (κ1) is 16.5. The van der Waals surface area contributed by atoms with E-state index in [-0.39, 0.29) is 6.10 Å². The van der Waals surface area contributed by atoms with Crippen LogP contribution in [-0.2, 0) is 6.18 Å². The summed E-state index contributed by atoms with van der Waals surface area (Å²) in [5.74, 6) is 0.515. The van der Waals surface area contributed by atoms with Crippen LogP contribution in [0.1, 0.15) is 24.0 Å². The second kappa shape index (κ2) is 6.62. The molecule has 5 nitrogen and oxygen atoms in total. The third-order valence-electron chi connectivity index (χ3n) is 3.81. The van der Waals surface area contributed by atoms with Crippen molar-refractivity contribution >= 4 is 5.82 Å². The molecule has 0 aromatic carbocycles. The molecule has 1 aliphatic rings. The molecule has 0 saturated carbocycles. The lowest BCUT2D eigenvalue weighted by molar-refractivity contribution is -0.137. The molecule has 0 radical (unpaired) electrons. The van der Waals surface area contributed by atoms with Crippen molar-refractivity contribution in [3.63, 3.8) is 0 Å². The first-order valence-electron chi connectivity index (χ1n) is 7.65. The zero-order valence-corrected chi connectivity index (χ0v) is 13.1. The van der Waals surface area contributed by atoms with E-state index in [1.807, 2.05) is 11.8 Å². The molecular weight excluding hydrogens is 321 g/mol. The van der Waals surface area contributed by atoms with Crippen LogP contribution < -0.4 is 9.64 Å². The SMILES string of the molecule is Cc1cnc(OC2CCCN(c3ccc(C(F)(F)F)cn3)C2)nc1. The van der Waals surface area contributed by atoms with E-state index in [0.29, 0.717) is 18.4 Å². The van der Waals surface area contributed by atoms with Crippen molar-refractivity contribution in [2.45, 2.75) is 32.0 Å². The van der Waals surface area contributed by atoms with E-state index in [9.17, 15) is 13.2 Å². The van der Waals surface area contributed by atoms with Gasteiger partial charge in [0.2, 0.25) is 0 Å². The van der Waals surface area contributed by atoms with E-state index < -0.39 is 11.7 Å². The molecule has 3 rings (SSSR count). The maximum Gasteiger partial charge on any atom is 0.417 e. The predicted molar refractivity (Wildman–Crippen MR) is 81.9 cm³/mol. The Morgan fingerprint density at radius 3 is 2.50 bits per heavy atom. The molecular formula is C16H17F3N4O. The smallest absolute Gasteiger partial charge is 0.417 e. The van der Waals surface area contributed by atoms with Gasteiger partial charge in [-0.05, 0) is 37.5 Å². The number of aryl methyl sites for hydroxylation is 1. The van der Waals surface area contributed by atoms with Crippen LogP contribution in [0.5, 0.6) is 6.01 Å². The summed E-state index contributed by atoms with van der Waals surface area (Å²) in [4.78, 5) is 14.1. The van der Waals surface area contributed by atoms with Crippen molar-refractivity contribution in [2.75, 3.05) is 18.0 Å². The maximum absolute atomic E-state index is 12.6. The van der Waals surface area contributed by atoms with Crippen molar-refractivity contribution in [3.8, 4) is 6.01 Å². The lowest BCUT2D eigenvalue weighted by atomic mass is 10.1. The summed E-state index contributed by atoms with van der Waals surface area (Å²) in [5, 5.41) is 0. The number of ether oxygens (including phenoxy) is 1. The van der Waals surface area contributed by atoms with Gasteiger partial charge in [0, 0.05) is 25.1 Å². The molecule has 8 heteroatoms. The van der Waals surface area contributed by atoms with E-state index in [2.05, 4.69) is 15.0 Å². The minimum Gasteiger partial charge on any atom is -0.458 e. The molecule has 0 amide bonds. The molecule has 0 aliphatic carbocycles. The van der Waals surface area contributed by atoms with Crippen LogP contribution in [0.3, 0.4) is 0 Å². The normalized spacial score (nSPS) is 18.5. The highest BCUT2D eigenvalue weighted by Crippen LogP contribution is 2.30. The number of hydrogen-bond acceptors (Lipinski definition) is 5. The Bertz CT molecular complexity index is 673. The Labute approximate surface area is 137 Å². The highest BCUT2D eigenvalue weighted by Gasteiger charge is 2.31. The van der Waals surface area contributed by atoms with E-state index >= 15 is 0 Å². The summed E-state index contributed by atoms with van der Waals surface area (Å²) < 4.78 is 43.6. The number of nitrogens with zero attached hydrogens (tertiary/aromatic N) is 4. The molecule has 24 heavy (non-hydrogen) atoms. The Kier molecular flexibility index (Phi) is 4.55. The van der Waals surface area contributed by atoms with Gasteiger partial charge in [-0.1, -0.05) is 0 Å². The number of alkyl halides is 3. The summed E-state index contributed by atoms with van der Waals surface area (Å²) in [5.41, 5.74) is 0.200. The first-order chi connectivity index (χ1) is 11.4. The third kappa shape index (κ3) is 3.93. The fourth-order valence-electron chi connectivity index (χ4n) is 2.57. The predicted octanol–water partition coefficient (Wildman–Crippen LogP) is 3.25. The number of aromatic nitrogens is 3. The summed E-state index contributed by atoms with van der Waals surface area (Å²) >= 11 is 0. The van der Waals surface area contributed by atoms with E-state index in [1.54, 1.807) is 12.4 Å². The molecule has 3 heterocycles. The average Bonchev–Trinajstić information content (AvgIpc) is 2.57. The van der Waals surface area contributed by atoms with Gasteiger partial charge < -0.3 is 9.64 Å². The highest BCUT2D eigenvalue weighted by atomic mass is 19.4. The van der Waals surface area contributed by atoms with Gasteiger partial charge in [-0.15, -0.1) is 0 Å². The third-order valence-corrected chi connectivity index (χ3v) is 3.81. The van der Waals surface area contributed by atoms with Gasteiger partial charge in [-0.3, -0.25) is 0 Å². The number of anilines is 1. The summed E-state index contributed by atoms with van der Waals surface area (Å²) in [6, 6.07) is 2.76. The maximum atomic E-state index is 12.6. The molecule has 0 spiro atoms. The standard InChI is InChI=1S/C16H17F3N4O/c1-11-7-21-15(22-8-11)24-13-3-2-6-23(10-13)14-5-4-12(9-20-14)16(17,18)19/h4-5,7-9,13H,2-3,6,10H2,1H3. The van der Waals surface area contributed by atoms with Crippen molar-refractivity contribution in [2.24, 2.45) is 0 Å². The van der Waals surface area contributed by atoms with Gasteiger partial charge in [-0.2, -0.15) is 13.2 Å². The van der Waals surface area contributed by atoms with Crippen LogP contribution in [-0.4, -0.2) is 34.1 Å². The number of hydrogen-bond donors (Lipinski definition) is 0. The lowest BCUT2D eigenvalue weighted by Crippen LogP contribution is -2.41. The van der Waals surface area contributed by atoms with E-state index in [0.717, 1.165) is 37.2 Å². The minimum absolute atomic E-state index is 0.120.